The topological polar surface area (TPSA) is 83.7 Å². The number of aromatic nitrogens is 2. The first-order valence-corrected chi connectivity index (χ1v) is 7.15. The van der Waals surface area contributed by atoms with Crippen LogP contribution in [0.25, 0.3) is 0 Å². The lowest BCUT2D eigenvalue weighted by molar-refractivity contribution is -0.122. The molecule has 118 valence electrons. The smallest absolute Gasteiger partial charge is 0.246 e. The molecule has 1 N–H and O–H groups in total. The molecule has 8 heteroatoms. The van der Waals surface area contributed by atoms with Crippen LogP contribution in [0.4, 0.5) is 0 Å². The Labute approximate surface area is 124 Å². The lowest BCUT2D eigenvalue weighted by Crippen LogP contribution is -2.38. The maximum absolute atomic E-state index is 11.9. The molecule has 0 saturated carbocycles. The number of nitrogens with zero attached hydrogens (tertiary/aromatic N) is 4. The van der Waals surface area contributed by atoms with Gasteiger partial charge in [0.1, 0.15) is 6.61 Å². The van der Waals surface area contributed by atoms with Crippen LogP contribution in [0.2, 0.25) is 0 Å². The van der Waals surface area contributed by atoms with Crippen molar-refractivity contribution >= 4 is 5.91 Å². The summed E-state index contributed by atoms with van der Waals surface area (Å²) in [6.45, 7) is 4.92. The summed E-state index contributed by atoms with van der Waals surface area (Å²) in [4.78, 5) is 20.5. The van der Waals surface area contributed by atoms with Crippen LogP contribution in [0, 0.1) is 0 Å². The van der Waals surface area contributed by atoms with Gasteiger partial charge in [-0.3, -0.25) is 9.69 Å². The zero-order valence-electron chi connectivity index (χ0n) is 12.7. The minimum absolute atomic E-state index is 0.0222. The summed E-state index contributed by atoms with van der Waals surface area (Å²) < 4.78 is 9.92. The molecule has 0 bridgehead atoms. The Balaban J connectivity index is 1.71. The molecule has 0 radical (unpaired) electrons. The molecule has 0 aliphatic carbocycles. The zero-order chi connectivity index (χ0) is 15.1. The number of hydrogen-bond donors (Lipinski definition) is 1. The summed E-state index contributed by atoms with van der Waals surface area (Å²) in [6.07, 6.45) is 1.09. The number of ether oxygens (including phenoxy) is 1. The van der Waals surface area contributed by atoms with E-state index in [1.54, 1.807) is 7.11 Å². The van der Waals surface area contributed by atoms with Crippen LogP contribution in [-0.2, 0) is 22.7 Å². The number of carbonyl (C=O) groups is 1. The Morgan fingerprint density at radius 2 is 2.24 bits per heavy atom. The summed E-state index contributed by atoms with van der Waals surface area (Å²) in [5.41, 5.74) is 0. The third-order valence-corrected chi connectivity index (χ3v) is 3.40. The first kappa shape index (κ1) is 15.9. The Bertz CT molecular complexity index is 451. The summed E-state index contributed by atoms with van der Waals surface area (Å²) >= 11 is 0. The van der Waals surface area contributed by atoms with E-state index in [1.165, 1.54) is 0 Å². The van der Waals surface area contributed by atoms with Gasteiger partial charge < -0.3 is 19.5 Å². The van der Waals surface area contributed by atoms with Gasteiger partial charge in [-0.05, 0) is 26.6 Å². The summed E-state index contributed by atoms with van der Waals surface area (Å²) in [7, 11) is 3.67. The van der Waals surface area contributed by atoms with Crippen molar-refractivity contribution in [3.63, 3.8) is 0 Å². The SMILES string of the molecule is COCc1noc(CNC(=O)CN2CCCN(C)CC2)n1. The van der Waals surface area contributed by atoms with Crippen LogP contribution >= 0.6 is 0 Å². The number of methoxy groups -OCH3 is 1. The number of rotatable bonds is 6. The predicted octanol–water partition coefficient (Wildman–Crippen LogP) is -0.530. The van der Waals surface area contributed by atoms with Gasteiger partial charge in [0, 0.05) is 20.2 Å². The number of carbonyl (C=O) groups excluding carboxylic acids is 1. The third kappa shape index (κ3) is 5.41. The van der Waals surface area contributed by atoms with Crippen LogP contribution in [0.3, 0.4) is 0 Å². The fraction of sp³-hybridized carbons (Fsp3) is 0.769. The van der Waals surface area contributed by atoms with Gasteiger partial charge in [0.15, 0.2) is 5.82 Å². The molecule has 1 aromatic heterocycles. The predicted molar refractivity (Wildman–Crippen MR) is 75.4 cm³/mol. The van der Waals surface area contributed by atoms with E-state index in [4.69, 9.17) is 9.26 Å². The molecular formula is C13H23N5O3. The normalized spacial score (nSPS) is 17.6. The van der Waals surface area contributed by atoms with Crippen molar-refractivity contribution in [2.75, 3.05) is 46.9 Å². The molecule has 1 fully saturated rings. The Morgan fingerprint density at radius 3 is 3.05 bits per heavy atom. The molecule has 2 rings (SSSR count). The molecule has 8 nitrogen and oxygen atoms in total. The van der Waals surface area contributed by atoms with E-state index in [1.807, 2.05) is 0 Å². The molecule has 0 unspecified atom stereocenters. The monoisotopic (exact) mass is 297 g/mol. The van der Waals surface area contributed by atoms with Crippen molar-refractivity contribution in [2.24, 2.45) is 0 Å². The average molecular weight is 297 g/mol. The number of nitrogens with one attached hydrogen (secondary N) is 1. The molecule has 1 aromatic rings. The lowest BCUT2D eigenvalue weighted by Gasteiger charge is -2.19. The van der Waals surface area contributed by atoms with Gasteiger partial charge in [0.2, 0.25) is 11.8 Å². The molecule has 1 aliphatic heterocycles. The number of amides is 1. The standard InChI is InChI=1S/C13H23N5O3/c1-17-4-3-5-18(7-6-17)9-12(19)14-8-13-15-11(10-20-2)16-21-13/h3-10H2,1-2H3,(H,14,19). The van der Waals surface area contributed by atoms with E-state index < -0.39 is 0 Å². The highest BCUT2D eigenvalue weighted by Gasteiger charge is 2.15. The van der Waals surface area contributed by atoms with Crippen molar-refractivity contribution in [1.29, 1.82) is 0 Å². The van der Waals surface area contributed by atoms with Crippen LogP contribution in [0.1, 0.15) is 18.1 Å². The highest BCUT2D eigenvalue weighted by atomic mass is 16.5. The van der Waals surface area contributed by atoms with E-state index in [0.29, 0.717) is 24.9 Å². The summed E-state index contributed by atoms with van der Waals surface area (Å²) in [5, 5.41) is 6.54. The van der Waals surface area contributed by atoms with Crippen LogP contribution < -0.4 is 5.32 Å². The summed E-state index contributed by atoms with van der Waals surface area (Å²) in [6, 6.07) is 0. The Morgan fingerprint density at radius 1 is 1.38 bits per heavy atom. The maximum atomic E-state index is 11.9. The van der Waals surface area contributed by atoms with Crippen LogP contribution in [0.15, 0.2) is 4.52 Å². The Kier molecular flexibility index (Phi) is 6.09. The second-order valence-electron chi connectivity index (χ2n) is 5.25. The molecule has 0 aromatic carbocycles. The second-order valence-corrected chi connectivity index (χ2v) is 5.25. The van der Waals surface area contributed by atoms with Gasteiger partial charge in [0.25, 0.3) is 0 Å². The highest BCUT2D eigenvalue weighted by molar-refractivity contribution is 5.77. The Hall–Kier alpha value is -1.51. The minimum atomic E-state index is -0.0222. The molecule has 21 heavy (non-hydrogen) atoms. The molecular weight excluding hydrogens is 274 g/mol. The molecule has 1 aliphatic rings. The van der Waals surface area contributed by atoms with Gasteiger partial charge >= 0.3 is 0 Å². The van der Waals surface area contributed by atoms with E-state index >= 15 is 0 Å². The van der Waals surface area contributed by atoms with Gasteiger partial charge in [-0.15, -0.1) is 0 Å². The zero-order valence-corrected chi connectivity index (χ0v) is 12.7. The summed E-state index contributed by atoms with van der Waals surface area (Å²) in [5.74, 6) is 0.856. The minimum Gasteiger partial charge on any atom is -0.377 e. The van der Waals surface area contributed by atoms with Gasteiger partial charge in [-0.2, -0.15) is 4.98 Å². The van der Waals surface area contributed by atoms with Crippen molar-refractivity contribution in [1.82, 2.24) is 25.3 Å². The molecule has 0 atom stereocenters. The van der Waals surface area contributed by atoms with Crippen LogP contribution in [-0.4, -0.2) is 72.7 Å². The fourth-order valence-corrected chi connectivity index (χ4v) is 2.24. The van der Waals surface area contributed by atoms with Gasteiger partial charge in [0.05, 0.1) is 13.1 Å². The third-order valence-electron chi connectivity index (χ3n) is 3.40. The highest BCUT2D eigenvalue weighted by Crippen LogP contribution is 2.01. The quantitative estimate of drug-likeness (QED) is 0.755. The number of likely N-dealkylation sites (N-methyl/N-ethyl adjacent to an activating group) is 1. The van der Waals surface area contributed by atoms with Crippen molar-refractivity contribution < 1.29 is 14.1 Å². The molecule has 2 heterocycles. The largest absolute Gasteiger partial charge is 0.377 e. The average Bonchev–Trinajstić information content (AvgIpc) is 2.81. The lowest BCUT2D eigenvalue weighted by atomic mass is 10.4. The van der Waals surface area contributed by atoms with Gasteiger partial charge in [-0.1, -0.05) is 5.16 Å². The van der Waals surface area contributed by atoms with Crippen molar-refractivity contribution in [2.45, 2.75) is 19.6 Å². The number of hydrogen-bond acceptors (Lipinski definition) is 7. The maximum Gasteiger partial charge on any atom is 0.246 e. The fourth-order valence-electron chi connectivity index (χ4n) is 2.24. The first-order valence-electron chi connectivity index (χ1n) is 7.15. The van der Waals surface area contributed by atoms with Crippen LogP contribution in [0.5, 0.6) is 0 Å². The van der Waals surface area contributed by atoms with E-state index in [9.17, 15) is 4.79 Å². The van der Waals surface area contributed by atoms with E-state index in [0.717, 1.165) is 32.6 Å². The molecule has 1 amide bonds. The van der Waals surface area contributed by atoms with Gasteiger partial charge in [-0.25, -0.2) is 0 Å². The van der Waals surface area contributed by atoms with Crippen molar-refractivity contribution in [3.8, 4) is 0 Å². The molecule has 1 saturated heterocycles. The molecule has 0 spiro atoms. The van der Waals surface area contributed by atoms with E-state index in [2.05, 4.69) is 32.3 Å². The van der Waals surface area contributed by atoms with E-state index in [-0.39, 0.29) is 12.5 Å². The first-order chi connectivity index (χ1) is 10.2. The van der Waals surface area contributed by atoms with Crippen molar-refractivity contribution in [3.05, 3.63) is 11.7 Å². The second kappa shape index (κ2) is 8.06.